The third-order valence-electron chi connectivity index (χ3n) is 5.95. The molecule has 32 heavy (non-hydrogen) atoms. The number of halogens is 1. The fourth-order valence-electron chi connectivity index (χ4n) is 3.93. The molecule has 0 aliphatic carbocycles. The van der Waals surface area contributed by atoms with E-state index in [0.717, 1.165) is 62.2 Å². The number of hydrogen-bond donors (Lipinski definition) is 2. The zero-order valence-electron chi connectivity index (χ0n) is 20.4. The lowest BCUT2D eigenvalue weighted by atomic mass is 10.1. The number of nitrogens with zero attached hydrogens (tertiary/aromatic N) is 6. The van der Waals surface area contributed by atoms with Crippen molar-refractivity contribution in [2.75, 3.05) is 44.7 Å². The van der Waals surface area contributed by atoms with E-state index < -0.39 is 0 Å². The number of pyridine rings is 1. The van der Waals surface area contributed by atoms with Crippen LogP contribution < -0.4 is 15.5 Å². The van der Waals surface area contributed by atoms with E-state index in [9.17, 15) is 0 Å². The molecule has 2 N–H and O–H groups in total. The minimum Gasteiger partial charge on any atom is -0.357 e. The number of guanidine groups is 1. The Kier molecular flexibility index (Phi) is 10.2. The predicted octanol–water partition coefficient (Wildman–Crippen LogP) is 2.49. The van der Waals surface area contributed by atoms with E-state index in [1.54, 1.807) is 0 Å². The molecule has 1 aliphatic heterocycles. The van der Waals surface area contributed by atoms with Gasteiger partial charge in [-0.15, -0.1) is 24.0 Å². The van der Waals surface area contributed by atoms with Crippen LogP contribution in [0.3, 0.4) is 0 Å². The Hall–Kier alpha value is -1.88. The van der Waals surface area contributed by atoms with E-state index in [0.29, 0.717) is 6.54 Å². The fourth-order valence-corrected chi connectivity index (χ4v) is 3.93. The number of aliphatic imine (C=N–C) groups is 1. The van der Waals surface area contributed by atoms with Gasteiger partial charge >= 0.3 is 0 Å². The molecule has 0 aromatic carbocycles. The largest absolute Gasteiger partial charge is 0.357 e. The van der Waals surface area contributed by atoms with Crippen LogP contribution in [-0.2, 0) is 20.0 Å². The minimum atomic E-state index is 0. The normalized spacial score (nSPS) is 15.9. The zero-order chi connectivity index (χ0) is 22.4. The Labute approximate surface area is 209 Å². The summed E-state index contributed by atoms with van der Waals surface area (Å²) in [6.45, 7) is 14.1. The lowest BCUT2D eigenvalue weighted by molar-refractivity contribution is 0.312. The molecule has 2 aromatic rings. The molecule has 8 nitrogen and oxygen atoms in total. The molecule has 0 saturated carbocycles. The molecule has 3 heterocycles. The number of anilines is 1. The summed E-state index contributed by atoms with van der Waals surface area (Å²) < 4.78 is 1.95. The van der Waals surface area contributed by atoms with Crippen molar-refractivity contribution in [1.29, 1.82) is 0 Å². The SMILES string of the molecule is CCNC(=NCc1ccc(N2CCN(C)CC2)nc1)NC(C)Cc1c(C)nn(C)c1C.I. The van der Waals surface area contributed by atoms with Crippen molar-refractivity contribution in [3.8, 4) is 0 Å². The highest BCUT2D eigenvalue weighted by Gasteiger charge is 2.16. The molecule has 9 heteroatoms. The summed E-state index contributed by atoms with van der Waals surface area (Å²) in [6.07, 6.45) is 2.86. The first-order valence-electron chi connectivity index (χ1n) is 11.3. The Morgan fingerprint density at radius 3 is 2.44 bits per heavy atom. The molecule has 1 fully saturated rings. The molecule has 2 aromatic heterocycles. The van der Waals surface area contributed by atoms with Crippen LogP contribution in [0.5, 0.6) is 0 Å². The summed E-state index contributed by atoms with van der Waals surface area (Å²) >= 11 is 0. The highest BCUT2D eigenvalue weighted by atomic mass is 127. The maximum atomic E-state index is 4.78. The van der Waals surface area contributed by atoms with Gasteiger partial charge < -0.3 is 20.4 Å². The van der Waals surface area contributed by atoms with Crippen LogP contribution in [0.15, 0.2) is 23.3 Å². The maximum Gasteiger partial charge on any atom is 0.191 e. The van der Waals surface area contributed by atoms with Crippen LogP contribution in [0.1, 0.15) is 36.4 Å². The van der Waals surface area contributed by atoms with Gasteiger partial charge in [-0.2, -0.15) is 5.10 Å². The first kappa shape index (κ1) is 26.4. The van der Waals surface area contributed by atoms with Crippen LogP contribution in [0.2, 0.25) is 0 Å². The summed E-state index contributed by atoms with van der Waals surface area (Å²) in [4.78, 5) is 14.2. The monoisotopic (exact) mass is 554 g/mol. The molecule has 0 spiro atoms. The average molecular weight is 555 g/mol. The van der Waals surface area contributed by atoms with Gasteiger partial charge in [0, 0.05) is 57.7 Å². The van der Waals surface area contributed by atoms with Gasteiger partial charge in [0.2, 0.25) is 0 Å². The number of rotatable bonds is 7. The number of aromatic nitrogens is 3. The minimum absolute atomic E-state index is 0. The summed E-state index contributed by atoms with van der Waals surface area (Å²) in [7, 11) is 4.17. The number of hydrogen-bond acceptors (Lipinski definition) is 5. The smallest absolute Gasteiger partial charge is 0.191 e. The van der Waals surface area contributed by atoms with E-state index in [2.05, 4.69) is 77.4 Å². The Morgan fingerprint density at radius 2 is 1.88 bits per heavy atom. The van der Waals surface area contributed by atoms with Crippen molar-refractivity contribution in [3.63, 3.8) is 0 Å². The van der Waals surface area contributed by atoms with E-state index in [4.69, 9.17) is 4.99 Å². The Bertz CT molecular complexity index is 869. The van der Waals surface area contributed by atoms with E-state index in [1.807, 2.05) is 17.9 Å². The van der Waals surface area contributed by atoms with E-state index in [1.165, 1.54) is 11.3 Å². The summed E-state index contributed by atoms with van der Waals surface area (Å²) in [5.74, 6) is 1.89. The summed E-state index contributed by atoms with van der Waals surface area (Å²) in [5, 5.41) is 11.4. The molecule has 0 radical (unpaired) electrons. The van der Waals surface area contributed by atoms with Crippen molar-refractivity contribution in [2.45, 2.75) is 46.7 Å². The number of nitrogens with one attached hydrogen (secondary N) is 2. The number of likely N-dealkylation sites (N-methyl/N-ethyl adjacent to an activating group) is 1. The van der Waals surface area contributed by atoms with Crippen molar-refractivity contribution < 1.29 is 0 Å². The molecule has 1 saturated heterocycles. The van der Waals surface area contributed by atoms with Crippen molar-refractivity contribution in [2.24, 2.45) is 12.0 Å². The van der Waals surface area contributed by atoms with Crippen LogP contribution in [-0.4, -0.2) is 71.4 Å². The molecule has 1 aliphatic rings. The Balaban J connectivity index is 0.00000363. The second-order valence-electron chi connectivity index (χ2n) is 8.53. The van der Waals surface area contributed by atoms with Gasteiger partial charge in [-0.1, -0.05) is 6.07 Å². The third kappa shape index (κ3) is 7.06. The van der Waals surface area contributed by atoms with E-state index in [-0.39, 0.29) is 30.0 Å². The highest BCUT2D eigenvalue weighted by Crippen LogP contribution is 2.15. The topological polar surface area (TPSA) is 73.6 Å². The lowest BCUT2D eigenvalue weighted by Crippen LogP contribution is -2.44. The average Bonchev–Trinajstić information content (AvgIpc) is 2.99. The standard InChI is InChI=1S/C23H38N8.HI/c1-7-24-23(27-17(2)14-21-18(3)28-30(6)19(21)4)26-16-20-8-9-22(25-15-20)31-12-10-29(5)11-13-31;/h8-9,15,17H,7,10-14,16H2,1-6H3,(H2,24,26,27);1H. The van der Waals surface area contributed by atoms with Gasteiger partial charge in [0.1, 0.15) is 5.82 Å². The van der Waals surface area contributed by atoms with Gasteiger partial charge in [-0.25, -0.2) is 9.98 Å². The molecular formula is C23H39IN8. The molecule has 1 unspecified atom stereocenters. The fraction of sp³-hybridized carbons (Fsp3) is 0.609. The quantitative estimate of drug-likeness (QED) is 0.312. The second kappa shape index (κ2) is 12.4. The molecule has 0 bridgehead atoms. The first-order valence-corrected chi connectivity index (χ1v) is 11.3. The van der Waals surface area contributed by atoms with Gasteiger partial charge in [0.25, 0.3) is 0 Å². The summed E-state index contributed by atoms with van der Waals surface area (Å²) in [6, 6.07) is 4.50. The Morgan fingerprint density at radius 1 is 1.16 bits per heavy atom. The number of piperazine rings is 1. The van der Waals surface area contributed by atoms with Crippen molar-refractivity contribution >= 4 is 35.8 Å². The van der Waals surface area contributed by atoms with Gasteiger partial charge in [0.15, 0.2) is 5.96 Å². The zero-order valence-corrected chi connectivity index (χ0v) is 22.7. The van der Waals surface area contributed by atoms with Crippen molar-refractivity contribution in [3.05, 3.63) is 40.8 Å². The molecule has 178 valence electrons. The van der Waals surface area contributed by atoms with Crippen LogP contribution >= 0.6 is 24.0 Å². The first-order chi connectivity index (χ1) is 14.9. The molecule has 0 amide bonds. The van der Waals surface area contributed by atoms with Crippen LogP contribution in [0.25, 0.3) is 0 Å². The summed E-state index contributed by atoms with van der Waals surface area (Å²) in [5.41, 5.74) is 4.74. The third-order valence-corrected chi connectivity index (χ3v) is 5.95. The maximum absolute atomic E-state index is 4.78. The van der Waals surface area contributed by atoms with Gasteiger partial charge in [-0.3, -0.25) is 4.68 Å². The van der Waals surface area contributed by atoms with Crippen LogP contribution in [0, 0.1) is 13.8 Å². The molecular weight excluding hydrogens is 515 g/mol. The predicted molar refractivity (Wildman–Crippen MR) is 143 cm³/mol. The lowest BCUT2D eigenvalue weighted by Gasteiger charge is -2.33. The molecule has 3 rings (SSSR count). The van der Waals surface area contributed by atoms with Gasteiger partial charge in [-0.05, 0) is 58.4 Å². The van der Waals surface area contributed by atoms with Gasteiger partial charge in [0.05, 0.1) is 12.2 Å². The van der Waals surface area contributed by atoms with E-state index >= 15 is 0 Å². The highest BCUT2D eigenvalue weighted by molar-refractivity contribution is 14.0. The second-order valence-corrected chi connectivity index (χ2v) is 8.53. The van der Waals surface area contributed by atoms with Crippen molar-refractivity contribution in [1.82, 2.24) is 30.3 Å². The van der Waals surface area contributed by atoms with Crippen LogP contribution in [0.4, 0.5) is 5.82 Å². The number of aryl methyl sites for hydroxylation is 2. The molecule has 1 atom stereocenters.